The molecule has 0 spiro atoms. The van der Waals surface area contributed by atoms with Gasteiger partial charge in [0, 0.05) is 19.1 Å². The lowest BCUT2D eigenvalue weighted by Gasteiger charge is -2.19. The predicted molar refractivity (Wildman–Crippen MR) is 47.0 cm³/mol. The van der Waals surface area contributed by atoms with E-state index in [0.717, 1.165) is 31.9 Å². The summed E-state index contributed by atoms with van der Waals surface area (Å²) in [6.07, 6.45) is 3.39. The maximum absolute atomic E-state index is 5.52. The quantitative estimate of drug-likeness (QED) is 0.675. The molecule has 0 atom stereocenters. The van der Waals surface area contributed by atoms with Gasteiger partial charge < -0.3 is 10.5 Å². The van der Waals surface area contributed by atoms with Gasteiger partial charge in [0.25, 0.3) is 0 Å². The first-order chi connectivity index (χ1) is 6.36. The largest absolute Gasteiger partial charge is 0.382 e. The van der Waals surface area contributed by atoms with E-state index in [4.69, 9.17) is 10.5 Å². The summed E-state index contributed by atoms with van der Waals surface area (Å²) in [6, 6.07) is 0. The van der Waals surface area contributed by atoms with Crippen molar-refractivity contribution in [2.24, 2.45) is 0 Å². The highest BCUT2D eigenvalue weighted by molar-refractivity contribution is 5.22. The molecule has 0 radical (unpaired) electrons. The molecule has 0 amide bonds. The van der Waals surface area contributed by atoms with Crippen molar-refractivity contribution >= 4 is 5.82 Å². The van der Waals surface area contributed by atoms with Gasteiger partial charge in [-0.1, -0.05) is 0 Å². The lowest BCUT2D eigenvalue weighted by Crippen LogP contribution is -2.17. The zero-order chi connectivity index (χ0) is 9.10. The monoisotopic (exact) mass is 180 g/mol. The van der Waals surface area contributed by atoms with Crippen molar-refractivity contribution in [1.29, 1.82) is 0 Å². The molecule has 0 aromatic carbocycles. The van der Waals surface area contributed by atoms with E-state index in [1.165, 1.54) is 6.20 Å². The van der Waals surface area contributed by atoms with Crippen LogP contribution in [-0.2, 0) is 4.74 Å². The lowest BCUT2D eigenvalue weighted by molar-refractivity contribution is 0.0834. The SMILES string of the molecule is Nc1cnnc(C2CCOCC2)n1. The smallest absolute Gasteiger partial charge is 0.156 e. The number of rotatable bonds is 1. The van der Waals surface area contributed by atoms with Crippen LogP contribution in [0.1, 0.15) is 24.6 Å². The van der Waals surface area contributed by atoms with Crippen LogP contribution in [0.3, 0.4) is 0 Å². The molecule has 5 heteroatoms. The van der Waals surface area contributed by atoms with Gasteiger partial charge in [0.1, 0.15) is 5.82 Å². The fraction of sp³-hybridized carbons (Fsp3) is 0.625. The standard InChI is InChI=1S/C8H12N4O/c9-7-5-10-12-8(11-7)6-1-3-13-4-2-6/h5-6H,1-4H2,(H2,9,11,12). The summed E-state index contributed by atoms with van der Waals surface area (Å²) in [7, 11) is 0. The van der Waals surface area contributed by atoms with Crippen molar-refractivity contribution in [3.8, 4) is 0 Å². The highest BCUT2D eigenvalue weighted by Crippen LogP contribution is 2.23. The van der Waals surface area contributed by atoms with E-state index in [9.17, 15) is 0 Å². The normalized spacial score (nSPS) is 18.8. The van der Waals surface area contributed by atoms with E-state index >= 15 is 0 Å². The van der Waals surface area contributed by atoms with E-state index in [-0.39, 0.29) is 0 Å². The van der Waals surface area contributed by atoms with E-state index in [1.807, 2.05) is 0 Å². The Labute approximate surface area is 76.3 Å². The molecule has 70 valence electrons. The molecule has 5 nitrogen and oxygen atoms in total. The van der Waals surface area contributed by atoms with Gasteiger partial charge in [-0.05, 0) is 12.8 Å². The number of hydrogen-bond donors (Lipinski definition) is 1. The molecule has 13 heavy (non-hydrogen) atoms. The van der Waals surface area contributed by atoms with Crippen molar-refractivity contribution in [1.82, 2.24) is 15.2 Å². The number of nitrogen functional groups attached to an aromatic ring is 1. The number of nitrogens with zero attached hydrogens (tertiary/aromatic N) is 3. The number of nitrogens with two attached hydrogens (primary N) is 1. The van der Waals surface area contributed by atoms with Crippen molar-refractivity contribution in [3.05, 3.63) is 12.0 Å². The summed E-state index contributed by atoms with van der Waals surface area (Å²) in [6.45, 7) is 1.56. The highest BCUT2D eigenvalue weighted by Gasteiger charge is 2.18. The fourth-order valence-electron chi connectivity index (χ4n) is 1.46. The Kier molecular flexibility index (Phi) is 2.35. The van der Waals surface area contributed by atoms with Crippen LogP contribution in [0.15, 0.2) is 6.20 Å². The van der Waals surface area contributed by atoms with Crippen molar-refractivity contribution in [2.75, 3.05) is 18.9 Å². The van der Waals surface area contributed by atoms with Crippen LogP contribution < -0.4 is 5.73 Å². The molecule has 0 bridgehead atoms. The first-order valence-corrected chi connectivity index (χ1v) is 4.39. The minimum Gasteiger partial charge on any atom is -0.382 e. The second-order valence-electron chi connectivity index (χ2n) is 3.13. The van der Waals surface area contributed by atoms with E-state index in [0.29, 0.717) is 11.7 Å². The Morgan fingerprint density at radius 3 is 2.85 bits per heavy atom. The van der Waals surface area contributed by atoms with Crippen LogP contribution in [0.2, 0.25) is 0 Å². The number of hydrogen-bond acceptors (Lipinski definition) is 5. The second kappa shape index (κ2) is 3.66. The van der Waals surface area contributed by atoms with Gasteiger partial charge in [0.15, 0.2) is 5.82 Å². The molecule has 1 saturated heterocycles. The molecule has 2 rings (SSSR count). The van der Waals surface area contributed by atoms with Gasteiger partial charge in [0.2, 0.25) is 0 Å². The molecule has 1 fully saturated rings. The third-order valence-corrected chi connectivity index (χ3v) is 2.18. The number of aromatic nitrogens is 3. The van der Waals surface area contributed by atoms with Gasteiger partial charge in [-0.15, -0.1) is 5.10 Å². The molecule has 0 saturated carbocycles. The molecular weight excluding hydrogens is 168 g/mol. The molecule has 1 aliphatic rings. The van der Waals surface area contributed by atoms with Crippen molar-refractivity contribution < 1.29 is 4.74 Å². The average Bonchev–Trinajstić information content (AvgIpc) is 2.19. The number of anilines is 1. The van der Waals surface area contributed by atoms with Crippen molar-refractivity contribution in [2.45, 2.75) is 18.8 Å². The zero-order valence-electron chi connectivity index (χ0n) is 7.31. The zero-order valence-corrected chi connectivity index (χ0v) is 7.31. The predicted octanol–water partition coefficient (Wildman–Crippen LogP) is 0.348. The van der Waals surface area contributed by atoms with E-state index < -0.39 is 0 Å². The summed E-state index contributed by atoms with van der Waals surface area (Å²) in [5.74, 6) is 1.56. The molecule has 2 heterocycles. The molecular formula is C8H12N4O. The maximum Gasteiger partial charge on any atom is 0.156 e. The number of ether oxygens (including phenoxy) is 1. The van der Waals surface area contributed by atoms with Crippen LogP contribution in [0.5, 0.6) is 0 Å². The van der Waals surface area contributed by atoms with Gasteiger partial charge >= 0.3 is 0 Å². The van der Waals surface area contributed by atoms with E-state index in [1.54, 1.807) is 0 Å². The minimum absolute atomic E-state index is 0.366. The summed E-state index contributed by atoms with van der Waals surface area (Å²) >= 11 is 0. The minimum atomic E-state index is 0.366. The van der Waals surface area contributed by atoms with Crippen LogP contribution in [0.25, 0.3) is 0 Å². The highest BCUT2D eigenvalue weighted by atomic mass is 16.5. The Morgan fingerprint density at radius 1 is 1.38 bits per heavy atom. The topological polar surface area (TPSA) is 73.9 Å². The molecule has 1 aromatic heterocycles. The second-order valence-corrected chi connectivity index (χ2v) is 3.13. The molecule has 1 aliphatic heterocycles. The Morgan fingerprint density at radius 2 is 2.15 bits per heavy atom. The summed E-state index contributed by atoms with van der Waals surface area (Å²) in [5, 5.41) is 7.75. The van der Waals surface area contributed by atoms with Crippen LogP contribution in [0.4, 0.5) is 5.82 Å². The van der Waals surface area contributed by atoms with Crippen LogP contribution >= 0.6 is 0 Å². The maximum atomic E-state index is 5.52. The van der Waals surface area contributed by atoms with Gasteiger partial charge in [-0.25, -0.2) is 4.98 Å². The van der Waals surface area contributed by atoms with Crippen molar-refractivity contribution in [3.63, 3.8) is 0 Å². The molecule has 1 aromatic rings. The molecule has 0 unspecified atom stereocenters. The van der Waals surface area contributed by atoms with Crippen LogP contribution in [0, 0.1) is 0 Å². The summed E-state index contributed by atoms with van der Waals surface area (Å²) in [4.78, 5) is 4.15. The summed E-state index contributed by atoms with van der Waals surface area (Å²) in [5.41, 5.74) is 5.52. The Hall–Kier alpha value is -1.23. The first-order valence-electron chi connectivity index (χ1n) is 4.39. The van der Waals surface area contributed by atoms with Gasteiger partial charge in [0.05, 0.1) is 6.20 Å². The Balaban J connectivity index is 2.14. The Bertz CT molecular complexity index is 285. The van der Waals surface area contributed by atoms with E-state index in [2.05, 4.69) is 15.2 Å². The fourth-order valence-corrected chi connectivity index (χ4v) is 1.46. The molecule has 2 N–H and O–H groups in total. The lowest BCUT2D eigenvalue weighted by atomic mass is 10.00. The van der Waals surface area contributed by atoms with Gasteiger partial charge in [-0.2, -0.15) is 5.10 Å². The molecule has 0 aliphatic carbocycles. The first kappa shape index (κ1) is 8.37. The summed E-state index contributed by atoms with van der Waals surface area (Å²) < 4.78 is 5.24. The third kappa shape index (κ3) is 1.92. The van der Waals surface area contributed by atoms with Crippen LogP contribution in [-0.4, -0.2) is 28.4 Å². The van der Waals surface area contributed by atoms with Gasteiger partial charge in [-0.3, -0.25) is 0 Å². The third-order valence-electron chi connectivity index (χ3n) is 2.18. The average molecular weight is 180 g/mol.